The molecule has 0 aliphatic carbocycles. The Labute approximate surface area is 113 Å². The van der Waals surface area contributed by atoms with Crippen LogP contribution in [-0.4, -0.2) is 36.5 Å². The third-order valence-corrected chi connectivity index (χ3v) is 3.85. The number of carbonyl (C=O) groups is 1. The Morgan fingerprint density at radius 3 is 3.00 bits per heavy atom. The fourth-order valence-corrected chi connectivity index (χ4v) is 2.93. The van der Waals surface area contributed by atoms with Gasteiger partial charge in [0.05, 0.1) is 12.0 Å². The van der Waals surface area contributed by atoms with E-state index in [-0.39, 0.29) is 23.7 Å². The van der Waals surface area contributed by atoms with Crippen LogP contribution in [0, 0.1) is 5.82 Å². The zero-order valence-electron chi connectivity index (χ0n) is 11.6. The van der Waals surface area contributed by atoms with Crippen LogP contribution in [0.5, 0.6) is 0 Å². The van der Waals surface area contributed by atoms with E-state index in [0.717, 1.165) is 31.5 Å². The molecule has 3 nitrogen and oxygen atoms in total. The smallest absolute Gasteiger partial charge is 0.227 e. The summed E-state index contributed by atoms with van der Waals surface area (Å²) < 4.78 is 13.1. The molecular weight excluding hydrogens is 243 g/mol. The van der Waals surface area contributed by atoms with Crippen molar-refractivity contribution in [2.75, 3.05) is 20.1 Å². The van der Waals surface area contributed by atoms with Crippen molar-refractivity contribution in [1.29, 1.82) is 0 Å². The molecule has 1 fully saturated rings. The molecule has 104 valence electrons. The van der Waals surface area contributed by atoms with Crippen LogP contribution in [-0.2, 0) is 11.2 Å². The van der Waals surface area contributed by atoms with E-state index in [2.05, 4.69) is 12.2 Å². The average molecular weight is 264 g/mol. The van der Waals surface area contributed by atoms with Gasteiger partial charge in [-0.2, -0.15) is 0 Å². The van der Waals surface area contributed by atoms with Gasteiger partial charge in [-0.25, -0.2) is 4.39 Å². The van der Waals surface area contributed by atoms with Crippen molar-refractivity contribution in [3.8, 4) is 0 Å². The lowest BCUT2D eigenvalue weighted by atomic mass is 9.98. The van der Waals surface area contributed by atoms with Crippen LogP contribution < -0.4 is 5.32 Å². The highest BCUT2D eigenvalue weighted by molar-refractivity contribution is 5.80. The van der Waals surface area contributed by atoms with Gasteiger partial charge in [0.15, 0.2) is 0 Å². The Hall–Kier alpha value is -1.42. The third-order valence-electron chi connectivity index (χ3n) is 3.85. The molecule has 1 atom stereocenters. The topological polar surface area (TPSA) is 32.3 Å². The van der Waals surface area contributed by atoms with E-state index in [1.54, 1.807) is 12.1 Å². The maximum Gasteiger partial charge on any atom is 0.227 e. The first kappa shape index (κ1) is 14.0. The number of nitrogens with one attached hydrogen (secondary N) is 1. The Kier molecular flexibility index (Phi) is 4.20. The van der Waals surface area contributed by atoms with Gasteiger partial charge in [0, 0.05) is 13.1 Å². The third kappa shape index (κ3) is 3.13. The molecular formula is C15H21FN2O. The lowest BCUT2D eigenvalue weighted by molar-refractivity contribution is -0.133. The minimum atomic E-state index is -0.287. The van der Waals surface area contributed by atoms with E-state index >= 15 is 0 Å². The number of likely N-dealkylation sites (tertiary alicyclic amines) is 1. The van der Waals surface area contributed by atoms with E-state index < -0.39 is 0 Å². The fourth-order valence-electron chi connectivity index (χ4n) is 2.93. The molecule has 0 radical (unpaired) electrons. The van der Waals surface area contributed by atoms with E-state index in [4.69, 9.17) is 0 Å². The van der Waals surface area contributed by atoms with Crippen molar-refractivity contribution in [2.45, 2.75) is 31.7 Å². The first-order valence-corrected chi connectivity index (χ1v) is 6.75. The number of likely N-dealkylation sites (N-methyl/N-ethyl adjacent to an activating group) is 1. The van der Waals surface area contributed by atoms with Gasteiger partial charge in [-0.05, 0) is 44.5 Å². The maximum atomic E-state index is 13.1. The summed E-state index contributed by atoms with van der Waals surface area (Å²) in [4.78, 5) is 14.3. The Morgan fingerprint density at radius 2 is 2.32 bits per heavy atom. The van der Waals surface area contributed by atoms with Gasteiger partial charge >= 0.3 is 0 Å². The highest BCUT2D eigenvalue weighted by Gasteiger charge is 2.38. The zero-order valence-corrected chi connectivity index (χ0v) is 11.6. The quantitative estimate of drug-likeness (QED) is 0.901. The predicted molar refractivity (Wildman–Crippen MR) is 73.4 cm³/mol. The lowest BCUT2D eigenvalue weighted by Crippen LogP contribution is -2.51. The molecule has 1 unspecified atom stereocenters. The SMILES string of the molecule is CNCC1(C)CCCN1C(=O)Cc1cccc(F)c1. The molecule has 1 heterocycles. The highest BCUT2D eigenvalue weighted by atomic mass is 19.1. The van der Waals surface area contributed by atoms with Gasteiger partial charge in [-0.1, -0.05) is 12.1 Å². The summed E-state index contributed by atoms with van der Waals surface area (Å²) in [6.07, 6.45) is 2.33. The summed E-state index contributed by atoms with van der Waals surface area (Å²) >= 11 is 0. The predicted octanol–water partition coefficient (Wildman–Crippen LogP) is 1.97. The van der Waals surface area contributed by atoms with Gasteiger partial charge in [-0.15, -0.1) is 0 Å². The number of hydrogen-bond donors (Lipinski definition) is 1. The van der Waals surface area contributed by atoms with E-state index in [0.29, 0.717) is 0 Å². The molecule has 0 saturated carbocycles. The molecule has 2 rings (SSSR count). The fraction of sp³-hybridized carbons (Fsp3) is 0.533. The number of benzene rings is 1. The zero-order chi connectivity index (χ0) is 13.9. The van der Waals surface area contributed by atoms with Crippen LogP contribution >= 0.6 is 0 Å². The molecule has 1 N–H and O–H groups in total. The van der Waals surface area contributed by atoms with Crippen molar-refractivity contribution >= 4 is 5.91 Å². The number of amides is 1. The molecule has 0 bridgehead atoms. The summed E-state index contributed by atoms with van der Waals surface area (Å²) in [5, 5.41) is 3.15. The molecule has 1 saturated heterocycles. The van der Waals surface area contributed by atoms with Crippen LogP contribution in [0.1, 0.15) is 25.3 Å². The first-order chi connectivity index (χ1) is 9.05. The minimum Gasteiger partial charge on any atom is -0.336 e. The molecule has 4 heteroatoms. The largest absolute Gasteiger partial charge is 0.336 e. The van der Waals surface area contributed by atoms with Gasteiger partial charge < -0.3 is 10.2 Å². The van der Waals surface area contributed by atoms with Crippen molar-refractivity contribution in [1.82, 2.24) is 10.2 Å². The van der Waals surface area contributed by atoms with Crippen molar-refractivity contribution in [3.63, 3.8) is 0 Å². The van der Waals surface area contributed by atoms with Crippen LogP contribution in [0.4, 0.5) is 4.39 Å². The second kappa shape index (κ2) is 5.70. The van der Waals surface area contributed by atoms with E-state index in [1.165, 1.54) is 12.1 Å². The highest BCUT2D eigenvalue weighted by Crippen LogP contribution is 2.29. The van der Waals surface area contributed by atoms with Crippen LogP contribution in [0.2, 0.25) is 0 Å². The molecule has 1 aromatic rings. The van der Waals surface area contributed by atoms with Gasteiger partial charge in [0.25, 0.3) is 0 Å². The minimum absolute atomic E-state index is 0.0841. The average Bonchev–Trinajstić information content (AvgIpc) is 2.71. The van der Waals surface area contributed by atoms with E-state index in [1.807, 2.05) is 11.9 Å². The van der Waals surface area contributed by atoms with Gasteiger partial charge in [0.1, 0.15) is 5.82 Å². The maximum absolute atomic E-state index is 13.1. The molecule has 19 heavy (non-hydrogen) atoms. The normalized spacial score (nSPS) is 22.8. The lowest BCUT2D eigenvalue weighted by Gasteiger charge is -2.35. The van der Waals surface area contributed by atoms with Crippen LogP contribution in [0.3, 0.4) is 0 Å². The van der Waals surface area contributed by atoms with Crippen molar-refractivity contribution < 1.29 is 9.18 Å². The second-order valence-corrected chi connectivity index (χ2v) is 5.48. The summed E-state index contributed by atoms with van der Waals surface area (Å²) in [6.45, 7) is 3.70. The van der Waals surface area contributed by atoms with Crippen LogP contribution in [0.15, 0.2) is 24.3 Å². The molecule has 1 amide bonds. The van der Waals surface area contributed by atoms with Crippen molar-refractivity contribution in [3.05, 3.63) is 35.6 Å². The molecule has 1 aromatic carbocycles. The van der Waals surface area contributed by atoms with Crippen LogP contribution in [0.25, 0.3) is 0 Å². The monoisotopic (exact) mass is 264 g/mol. The number of halogens is 1. The number of carbonyl (C=O) groups excluding carboxylic acids is 1. The second-order valence-electron chi connectivity index (χ2n) is 5.48. The Balaban J connectivity index is 2.07. The molecule has 0 spiro atoms. The summed E-state index contributed by atoms with van der Waals surface area (Å²) in [6, 6.07) is 6.28. The Bertz CT molecular complexity index is 463. The number of nitrogens with zero attached hydrogens (tertiary/aromatic N) is 1. The molecule has 0 aromatic heterocycles. The summed E-state index contributed by atoms with van der Waals surface area (Å²) in [5.41, 5.74) is 0.628. The standard InChI is InChI=1S/C15H21FN2O/c1-15(11-17-2)7-4-8-18(15)14(19)10-12-5-3-6-13(16)9-12/h3,5-6,9,17H,4,7-8,10-11H2,1-2H3. The number of rotatable bonds is 4. The summed E-state index contributed by atoms with van der Waals surface area (Å²) in [5.74, 6) is -0.203. The summed E-state index contributed by atoms with van der Waals surface area (Å²) in [7, 11) is 1.90. The van der Waals surface area contributed by atoms with E-state index in [9.17, 15) is 9.18 Å². The van der Waals surface area contributed by atoms with Gasteiger partial charge in [0.2, 0.25) is 5.91 Å². The number of hydrogen-bond acceptors (Lipinski definition) is 2. The van der Waals surface area contributed by atoms with Gasteiger partial charge in [-0.3, -0.25) is 4.79 Å². The van der Waals surface area contributed by atoms with Crippen molar-refractivity contribution in [2.24, 2.45) is 0 Å². The Morgan fingerprint density at radius 1 is 1.53 bits per heavy atom. The molecule has 1 aliphatic heterocycles. The molecule has 1 aliphatic rings. The first-order valence-electron chi connectivity index (χ1n) is 6.75.